The molecule has 8 heteroatoms. The number of urea groups is 1. The Hall–Kier alpha value is -5.76. The summed E-state index contributed by atoms with van der Waals surface area (Å²) in [7, 11) is 0. The number of rotatable bonds is 16. The van der Waals surface area contributed by atoms with Gasteiger partial charge in [0.2, 0.25) is 5.60 Å². The van der Waals surface area contributed by atoms with Gasteiger partial charge in [0.05, 0.1) is 6.61 Å². The number of anilines is 1. The van der Waals surface area contributed by atoms with Gasteiger partial charge in [-0.3, -0.25) is 0 Å². The number of hydrogen-bond acceptors (Lipinski definition) is 5. The lowest BCUT2D eigenvalue weighted by Gasteiger charge is -2.26. The zero-order valence-electron chi connectivity index (χ0n) is 27.0. The van der Waals surface area contributed by atoms with E-state index < -0.39 is 11.6 Å². The molecule has 0 spiro atoms. The van der Waals surface area contributed by atoms with Crippen LogP contribution in [-0.2, 0) is 24.4 Å². The molecule has 5 aromatic rings. The van der Waals surface area contributed by atoms with Crippen LogP contribution in [-0.4, -0.2) is 40.8 Å². The number of hydrogen-bond donors (Lipinski definition) is 2. The van der Waals surface area contributed by atoms with E-state index in [1.165, 1.54) is 0 Å². The molecule has 1 unspecified atom stereocenters. The number of para-hydroxylation sites is 1. The van der Waals surface area contributed by atoms with Crippen LogP contribution in [0.4, 0.5) is 10.5 Å². The van der Waals surface area contributed by atoms with Crippen molar-refractivity contribution in [1.82, 2.24) is 4.90 Å². The number of carboxylic acid groups (broad SMARTS) is 1. The van der Waals surface area contributed by atoms with E-state index in [9.17, 15) is 14.7 Å². The Morgan fingerprint density at radius 2 is 1.23 bits per heavy atom. The Morgan fingerprint density at radius 3 is 1.85 bits per heavy atom. The third-order valence-corrected chi connectivity index (χ3v) is 7.70. The van der Waals surface area contributed by atoms with E-state index in [0.717, 1.165) is 22.4 Å². The Balaban J connectivity index is 1.13. The number of amides is 2. The maximum Gasteiger partial charge on any atom is 0.348 e. The molecule has 0 aliphatic carbocycles. The van der Waals surface area contributed by atoms with Crippen molar-refractivity contribution in [3.8, 4) is 17.2 Å². The second-order valence-electron chi connectivity index (χ2n) is 11.6. The Labute approximate surface area is 281 Å². The molecule has 0 saturated heterocycles. The normalized spacial score (nSPS) is 11.9. The third-order valence-electron chi connectivity index (χ3n) is 7.70. The topological polar surface area (TPSA) is 97.3 Å². The largest absolute Gasteiger partial charge is 0.494 e. The van der Waals surface area contributed by atoms with Crippen molar-refractivity contribution in [1.29, 1.82) is 0 Å². The first kappa shape index (κ1) is 33.6. The number of ether oxygens (including phenoxy) is 3. The second kappa shape index (κ2) is 16.7. The predicted octanol–water partition coefficient (Wildman–Crippen LogP) is 8.23. The van der Waals surface area contributed by atoms with E-state index in [2.05, 4.69) is 5.32 Å². The van der Waals surface area contributed by atoms with Gasteiger partial charge in [0.15, 0.2) is 0 Å². The van der Waals surface area contributed by atoms with Crippen LogP contribution in [0.3, 0.4) is 0 Å². The number of carbonyl (C=O) groups excluding carboxylic acids is 1. The van der Waals surface area contributed by atoms with E-state index in [1.54, 1.807) is 36.1 Å². The summed E-state index contributed by atoms with van der Waals surface area (Å²) in [6.07, 6.45) is 0.792. The van der Waals surface area contributed by atoms with E-state index in [-0.39, 0.29) is 12.5 Å². The maximum atomic E-state index is 13.4. The van der Waals surface area contributed by atoms with E-state index in [0.29, 0.717) is 49.9 Å². The average molecular weight is 645 g/mol. The summed E-state index contributed by atoms with van der Waals surface area (Å²) in [5, 5.41) is 12.9. The molecular formula is C40H40N2O6. The van der Waals surface area contributed by atoms with E-state index >= 15 is 0 Å². The van der Waals surface area contributed by atoms with Crippen LogP contribution in [0, 0.1) is 0 Å². The van der Waals surface area contributed by atoms with Crippen molar-refractivity contribution < 1.29 is 28.9 Å². The van der Waals surface area contributed by atoms with Gasteiger partial charge in [0, 0.05) is 25.2 Å². The fourth-order valence-corrected chi connectivity index (χ4v) is 5.08. The zero-order valence-corrected chi connectivity index (χ0v) is 27.0. The summed E-state index contributed by atoms with van der Waals surface area (Å²) in [5.74, 6) is 0.841. The summed E-state index contributed by atoms with van der Waals surface area (Å²) in [6.45, 7) is 3.37. The average Bonchev–Trinajstić information content (AvgIpc) is 3.11. The number of aliphatic carboxylic acids is 1. The summed E-state index contributed by atoms with van der Waals surface area (Å²) >= 11 is 0. The fraction of sp³-hybridized carbons (Fsp3) is 0.200. The number of carboxylic acids is 1. The Bertz CT molecular complexity index is 1720. The maximum absolute atomic E-state index is 13.4. The summed E-state index contributed by atoms with van der Waals surface area (Å²) in [4.78, 5) is 27.2. The highest BCUT2D eigenvalue weighted by Crippen LogP contribution is 2.24. The van der Waals surface area contributed by atoms with Gasteiger partial charge in [0.25, 0.3) is 0 Å². The highest BCUT2D eigenvalue weighted by Gasteiger charge is 2.36. The van der Waals surface area contributed by atoms with Gasteiger partial charge in [-0.25, -0.2) is 9.59 Å². The van der Waals surface area contributed by atoms with Gasteiger partial charge in [-0.15, -0.1) is 0 Å². The molecule has 0 aliphatic heterocycles. The molecule has 5 rings (SSSR count). The monoisotopic (exact) mass is 644 g/mol. The molecule has 2 N–H and O–H groups in total. The van der Waals surface area contributed by atoms with Crippen molar-refractivity contribution in [3.63, 3.8) is 0 Å². The Kier molecular flexibility index (Phi) is 11.7. The number of nitrogens with one attached hydrogen (secondary N) is 1. The summed E-state index contributed by atoms with van der Waals surface area (Å²) < 4.78 is 17.7. The van der Waals surface area contributed by atoms with Crippen LogP contribution in [0.2, 0.25) is 0 Å². The van der Waals surface area contributed by atoms with Crippen LogP contribution in [0.1, 0.15) is 30.0 Å². The van der Waals surface area contributed by atoms with Crippen molar-refractivity contribution in [2.24, 2.45) is 0 Å². The first-order chi connectivity index (χ1) is 23.4. The molecule has 0 aliphatic rings. The minimum absolute atomic E-state index is 0.185. The van der Waals surface area contributed by atoms with Crippen LogP contribution in [0.15, 0.2) is 140 Å². The lowest BCUT2D eigenvalue weighted by Crippen LogP contribution is -2.43. The van der Waals surface area contributed by atoms with Crippen LogP contribution in [0.5, 0.6) is 17.2 Å². The van der Waals surface area contributed by atoms with Gasteiger partial charge in [-0.1, -0.05) is 91.0 Å². The van der Waals surface area contributed by atoms with Gasteiger partial charge in [-0.2, -0.15) is 0 Å². The molecule has 0 radical (unpaired) electrons. The quantitative estimate of drug-likeness (QED) is 0.105. The zero-order chi connectivity index (χ0) is 33.6. The second-order valence-corrected chi connectivity index (χ2v) is 11.6. The molecule has 0 heterocycles. The number of carbonyl (C=O) groups is 2. The molecule has 0 bridgehead atoms. The number of nitrogens with zero attached hydrogens (tertiary/aromatic N) is 1. The van der Waals surface area contributed by atoms with Crippen LogP contribution >= 0.6 is 0 Å². The lowest BCUT2D eigenvalue weighted by atomic mass is 9.96. The van der Waals surface area contributed by atoms with E-state index in [4.69, 9.17) is 14.2 Å². The SMILES string of the molecule is CC(Cc1ccc(OCCCN(Cc2ccccc2)C(=O)Nc2ccc(OCc3ccccc3)cc2)cc1)(Oc1ccccc1)C(=O)O. The van der Waals surface area contributed by atoms with Crippen molar-refractivity contribution in [2.75, 3.05) is 18.5 Å². The van der Waals surface area contributed by atoms with Crippen molar-refractivity contribution >= 4 is 17.7 Å². The lowest BCUT2D eigenvalue weighted by molar-refractivity contribution is -0.153. The molecule has 0 saturated carbocycles. The van der Waals surface area contributed by atoms with Gasteiger partial charge in [-0.05, 0) is 78.6 Å². The molecule has 5 aromatic carbocycles. The molecule has 48 heavy (non-hydrogen) atoms. The highest BCUT2D eigenvalue weighted by molar-refractivity contribution is 5.89. The van der Waals surface area contributed by atoms with Crippen LogP contribution in [0.25, 0.3) is 0 Å². The van der Waals surface area contributed by atoms with Gasteiger partial charge >= 0.3 is 12.0 Å². The minimum atomic E-state index is -1.43. The minimum Gasteiger partial charge on any atom is -0.494 e. The molecule has 8 nitrogen and oxygen atoms in total. The first-order valence-corrected chi connectivity index (χ1v) is 15.9. The highest BCUT2D eigenvalue weighted by atomic mass is 16.5. The summed E-state index contributed by atoms with van der Waals surface area (Å²) in [5.41, 5.74) is 2.17. The standard InChI is InChI=1S/C40H40N2O6/c1-40(38(43)44,48-37-16-9-4-10-17-37)28-31-18-22-35(23-19-31)46-27-11-26-42(29-32-12-5-2-6-13-32)39(45)41-34-20-24-36(25-21-34)47-30-33-14-7-3-8-15-33/h2-10,12-25H,11,26-30H2,1H3,(H,41,45)(H,43,44). The smallest absolute Gasteiger partial charge is 0.348 e. The first-order valence-electron chi connectivity index (χ1n) is 15.9. The Morgan fingerprint density at radius 1 is 0.667 bits per heavy atom. The van der Waals surface area contributed by atoms with Gasteiger partial charge < -0.3 is 29.5 Å². The van der Waals surface area contributed by atoms with E-state index in [1.807, 2.05) is 115 Å². The van der Waals surface area contributed by atoms with Crippen molar-refractivity contribution in [2.45, 2.75) is 38.5 Å². The molecule has 2 amide bonds. The van der Waals surface area contributed by atoms with Gasteiger partial charge in [0.1, 0.15) is 23.9 Å². The molecule has 0 aromatic heterocycles. The number of benzene rings is 5. The predicted molar refractivity (Wildman–Crippen MR) is 186 cm³/mol. The molecule has 246 valence electrons. The third kappa shape index (κ3) is 10.1. The molecular weight excluding hydrogens is 604 g/mol. The molecule has 0 fully saturated rings. The van der Waals surface area contributed by atoms with Crippen molar-refractivity contribution in [3.05, 3.63) is 156 Å². The molecule has 1 atom stereocenters. The van der Waals surface area contributed by atoms with Crippen LogP contribution < -0.4 is 19.5 Å². The summed E-state index contributed by atoms with van der Waals surface area (Å²) in [6, 6.07) is 43.2. The fourth-order valence-electron chi connectivity index (χ4n) is 5.08.